The van der Waals surface area contributed by atoms with Gasteiger partial charge in [-0.05, 0) is 0 Å². The number of imide groups is 1. The molecule has 4 amide bonds. The van der Waals surface area contributed by atoms with Gasteiger partial charge in [0.05, 0.1) is 6.61 Å². The van der Waals surface area contributed by atoms with Crippen molar-refractivity contribution < 1.29 is 29.0 Å². The van der Waals surface area contributed by atoms with Gasteiger partial charge < -0.3 is 20.1 Å². The summed E-state index contributed by atoms with van der Waals surface area (Å²) in [5, 5.41) is 12.7. The van der Waals surface area contributed by atoms with Crippen molar-refractivity contribution in [2.45, 2.75) is 0 Å². The third kappa shape index (κ3) is 4.78. The van der Waals surface area contributed by atoms with Crippen LogP contribution in [0.2, 0.25) is 0 Å². The van der Waals surface area contributed by atoms with Crippen LogP contribution in [0.25, 0.3) is 0 Å². The van der Waals surface area contributed by atoms with Gasteiger partial charge in [0, 0.05) is 6.54 Å². The average molecular weight is 259 g/mol. The van der Waals surface area contributed by atoms with Crippen molar-refractivity contribution in [3.63, 3.8) is 0 Å². The van der Waals surface area contributed by atoms with Crippen molar-refractivity contribution in [1.82, 2.24) is 15.5 Å². The highest BCUT2D eigenvalue weighted by molar-refractivity contribution is 6.02. The number of nitrogens with zero attached hydrogens (tertiary/aromatic N) is 1. The van der Waals surface area contributed by atoms with Gasteiger partial charge in [-0.1, -0.05) is 0 Å². The van der Waals surface area contributed by atoms with E-state index in [1.54, 1.807) is 0 Å². The van der Waals surface area contributed by atoms with Crippen LogP contribution in [0.1, 0.15) is 0 Å². The van der Waals surface area contributed by atoms with E-state index in [0.717, 1.165) is 4.90 Å². The number of carboxylic acids is 1. The maximum absolute atomic E-state index is 11.5. The van der Waals surface area contributed by atoms with E-state index in [-0.39, 0.29) is 26.2 Å². The standard InChI is InChI=1S/C9H13N3O6/c13-6-3-12(4-7(14)11-6)9(17)10-1-2-18-5-8(15)16/h1-5H2,(H,10,17)(H,15,16)(H,11,13,14). The zero-order valence-corrected chi connectivity index (χ0v) is 9.47. The van der Waals surface area contributed by atoms with Crippen LogP contribution in [0.15, 0.2) is 0 Å². The smallest absolute Gasteiger partial charge is 0.329 e. The highest BCUT2D eigenvalue weighted by Crippen LogP contribution is 1.94. The van der Waals surface area contributed by atoms with Crippen LogP contribution in [0.4, 0.5) is 4.79 Å². The van der Waals surface area contributed by atoms with E-state index in [9.17, 15) is 19.2 Å². The number of rotatable bonds is 5. The Bertz CT molecular complexity index is 353. The predicted molar refractivity (Wildman–Crippen MR) is 56.6 cm³/mol. The molecule has 0 unspecified atom stereocenters. The van der Waals surface area contributed by atoms with Crippen molar-refractivity contribution in [3.05, 3.63) is 0 Å². The molecule has 0 saturated carbocycles. The van der Waals surface area contributed by atoms with Gasteiger partial charge >= 0.3 is 12.0 Å². The number of carbonyl (C=O) groups is 4. The lowest BCUT2D eigenvalue weighted by Gasteiger charge is -2.25. The van der Waals surface area contributed by atoms with Crippen LogP contribution in [-0.2, 0) is 19.1 Å². The minimum atomic E-state index is -1.10. The van der Waals surface area contributed by atoms with Gasteiger partial charge in [-0.15, -0.1) is 0 Å². The maximum Gasteiger partial charge on any atom is 0.329 e. The van der Waals surface area contributed by atoms with E-state index in [1.807, 2.05) is 0 Å². The van der Waals surface area contributed by atoms with E-state index in [1.165, 1.54) is 0 Å². The number of urea groups is 1. The van der Waals surface area contributed by atoms with Gasteiger partial charge in [0.25, 0.3) is 0 Å². The maximum atomic E-state index is 11.5. The zero-order valence-electron chi connectivity index (χ0n) is 9.47. The molecular formula is C9H13N3O6. The zero-order chi connectivity index (χ0) is 13.5. The molecule has 1 heterocycles. The number of carbonyl (C=O) groups excluding carboxylic acids is 3. The lowest BCUT2D eigenvalue weighted by molar-refractivity contribution is -0.142. The third-order valence-electron chi connectivity index (χ3n) is 1.98. The van der Waals surface area contributed by atoms with E-state index < -0.39 is 30.4 Å². The molecule has 0 aromatic carbocycles. The number of hydrogen-bond acceptors (Lipinski definition) is 5. The Hall–Kier alpha value is -2.16. The van der Waals surface area contributed by atoms with E-state index in [2.05, 4.69) is 10.6 Å². The Morgan fingerprint density at radius 1 is 1.33 bits per heavy atom. The van der Waals surface area contributed by atoms with Gasteiger partial charge in [0.15, 0.2) is 0 Å². The fourth-order valence-electron chi connectivity index (χ4n) is 1.28. The number of hydrogen-bond donors (Lipinski definition) is 3. The monoisotopic (exact) mass is 259 g/mol. The molecule has 18 heavy (non-hydrogen) atoms. The van der Waals surface area contributed by atoms with Crippen molar-refractivity contribution in [3.8, 4) is 0 Å². The Morgan fingerprint density at radius 3 is 2.50 bits per heavy atom. The van der Waals surface area contributed by atoms with Crippen molar-refractivity contribution in [1.29, 1.82) is 0 Å². The quantitative estimate of drug-likeness (QED) is 0.378. The molecule has 0 radical (unpaired) electrons. The van der Waals surface area contributed by atoms with Gasteiger partial charge in [-0.2, -0.15) is 0 Å². The SMILES string of the molecule is O=C(O)COCCNC(=O)N1CC(=O)NC(=O)C1. The normalized spacial score (nSPS) is 15.2. The highest BCUT2D eigenvalue weighted by atomic mass is 16.5. The fraction of sp³-hybridized carbons (Fsp3) is 0.556. The summed E-state index contributed by atoms with van der Waals surface area (Å²) < 4.78 is 4.70. The van der Waals surface area contributed by atoms with E-state index >= 15 is 0 Å². The van der Waals surface area contributed by atoms with Gasteiger partial charge in [0.2, 0.25) is 11.8 Å². The number of aliphatic carboxylic acids is 1. The summed E-state index contributed by atoms with van der Waals surface area (Å²) >= 11 is 0. The van der Waals surface area contributed by atoms with E-state index in [0.29, 0.717) is 0 Å². The predicted octanol–water partition coefficient (Wildman–Crippen LogP) is -2.24. The minimum Gasteiger partial charge on any atom is -0.480 e. The molecule has 3 N–H and O–H groups in total. The van der Waals surface area contributed by atoms with Gasteiger partial charge in [0.1, 0.15) is 19.7 Å². The van der Waals surface area contributed by atoms with Crippen LogP contribution in [0.5, 0.6) is 0 Å². The molecule has 0 atom stereocenters. The molecule has 1 rings (SSSR count). The number of ether oxygens (including phenoxy) is 1. The van der Waals surface area contributed by atoms with Crippen molar-refractivity contribution >= 4 is 23.8 Å². The second-order valence-corrected chi connectivity index (χ2v) is 3.51. The molecule has 1 saturated heterocycles. The van der Waals surface area contributed by atoms with Crippen LogP contribution in [0.3, 0.4) is 0 Å². The Morgan fingerprint density at radius 2 is 1.94 bits per heavy atom. The second-order valence-electron chi connectivity index (χ2n) is 3.51. The molecule has 0 aliphatic carbocycles. The molecule has 1 aliphatic rings. The minimum absolute atomic E-state index is 0.0338. The lowest BCUT2D eigenvalue weighted by Crippen LogP contribution is -2.56. The lowest BCUT2D eigenvalue weighted by atomic mass is 10.3. The van der Waals surface area contributed by atoms with Gasteiger partial charge in [-0.25, -0.2) is 9.59 Å². The summed E-state index contributed by atoms with van der Waals surface area (Å²) in [7, 11) is 0. The topological polar surface area (TPSA) is 125 Å². The molecular weight excluding hydrogens is 246 g/mol. The molecule has 0 aromatic rings. The molecule has 0 aromatic heterocycles. The van der Waals surface area contributed by atoms with Crippen LogP contribution in [-0.4, -0.2) is 66.7 Å². The first-order chi connectivity index (χ1) is 8.49. The third-order valence-corrected chi connectivity index (χ3v) is 1.98. The number of amides is 4. The molecule has 9 heteroatoms. The fourth-order valence-corrected chi connectivity index (χ4v) is 1.28. The van der Waals surface area contributed by atoms with Crippen LogP contribution < -0.4 is 10.6 Å². The molecule has 1 aliphatic heterocycles. The second kappa shape index (κ2) is 6.55. The van der Waals surface area contributed by atoms with Gasteiger partial charge in [-0.3, -0.25) is 14.9 Å². The Balaban J connectivity index is 2.22. The molecule has 100 valence electrons. The average Bonchev–Trinajstić information content (AvgIpc) is 2.26. The van der Waals surface area contributed by atoms with Crippen LogP contribution >= 0.6 is 0 Å². The van der Waals surface area contributed by atoms with E-state index in [4.69, 9.17) is 9.84 Å². The summed E-state index contributed by atoms with van der Waals surface area (Å²) in [6, 6.07) is -0.572. The molecule has 9 nitrogen and oxygen atoms in total. The molecule has 0 spiro atoms. The first kappa shape index (κ1) is 13.9. The Kier molecular flexibility index (Phi) is 5.06. The largest absolute Gasteiger partial charge is 0.480 e. The van der Waals surface area contributed by atoms with Crippen LogP contribution in [0, 0.1) is 0 Å². The Labute approximate surface area is 102 Å². The summed E-state index contributed by atoms with van der Waals surface area (Å²) in [5.41, 5.74) is 0. The first-order valence-electron chi connectivity index (χ1n) is 5.14. The summed E-state index contributed by atoms with van der Waals surface area (Å²) in [5.74, 6) is -2.17. The first-order valence-corrected chi connectivity index (χ1v) is 5.14. The van der Waals surface area contributed by atoms with Crippen molar-refractivity contribution in [2.24, 2.45) is 0 Å². The summed E-state index contributed by atoms with van der Waals surface area (Å²) in [6.45, 7) is -0.688. The molecule has 1 fully saturated rings. The number of piperazine rings is 1. The summed E-state index contributed by atoms with van der Waals surface area (Å²) in [4.78, 5) is 44.7. The highest BCUT2D eigenvalue weighted by Gasteiger charge is 2.25. The number of nitrogens with one attached hydrogen (secondary N) is 2. The molecule has 0 bridgehead atoms. The summed E-state index contributed by atoms with van der Waals surface area (Å²) in [6.07, 6.45) is 0. The van der Waals surface area contributed by atoms with Crippen molar-refractivity contribution in [2.75, 3.05) is 32.8 Å². The number of carboxylic acid groups (broad SMARTS) is 1.